The van der Waals surface area contributed by atoms with E-state index in [0.717, 1.165) is 22.6 Å². The van der Waals surface area contributed by atoms with Crippen molar-refractivity contribution < 1.29 is 0 Å². The predicted octanol–water partition coefficient (Wildman–Crippen LogP) is 2.72. The summed E-state index contributed by atoms with van der Waals surface area (Å²) in [5.41, 5.74) is 9.48. The molecule has 0 unspecified atom stereocenters. The van der Waals surface area contributed by atoms with Gasteiger partial charge in [0.15, 0.2) is 0 Å². The Balaban J connectivity index is 2.12. The maximum atomic E-state index is 6.18. The van der Waals surface area contributed by atoms with E-state index in [2.05, 4.69) is 16.1 Å². The van der Waals surface area contributed by atoms with Gasteiger partial charge in [0.05, 0.1) is 5.69 Å². The summed E-state index contributed by atoms with van der Waals surface area (Å²) in [5.74, 6) is 1.30. The van der Waals surface area contributed by atoms with Gasteiger partial charge in [-0.25, -0.2) is 0 Å². The number of nitrogen functional groups attached to an aromatic ring is 1. The highest BCUT2D eigenvalue weighted by Gasteiger charge is 2.25. The quantitative estimate of drug-likeness (QED) is 0.881. The summed E-state index contributed by atoms with van der Waals surface area (Å²) in [4.78, 5) is 4.19. The fourth-order valence-corrected chi connectivity index (χ4v) is 2.85. The molecule has 1 aliphatic rings. The van der Waals surface area contributed by atoms with E-state index in [-0.39, 0.29) is 0 Å². The van der Waals surface area contributed by atoms with Crippen LogP contribution in [0.4, 0.5) is 5.82 Å². The third kappa shape index (κ3) is 1.78. The van der Waals surface area contributed by atoms with Crippen LogP contribution in [0.1, 0.15) is 37.3 Å². The Morgan fingerprint density at radius 2 is 2.11 bits per heavy atom. The average Bonchev–Trinajstić information content (AvgIpc) is 3.00. The van der Waals surface area contributed by atoms with Gasteiger partial charge in [-0.3, -0.25) is 9.67 Å². The number of nitrogens with zero attached hydrogens (tertiary/aromatic N) is 3. The zero-order valence-electron chi connectivity index (χ0n) is 10.6. The predicted molar refractivity (Wildman–Crippen MR) is 72.1 cm³/mol. The molecule has 4 heteroatoms. The van der Waals surface area contributed by atoms with Gasteiger partial charge in [-0.05, 0) is 18.9 Å². The van der Waals surface area contributed by atoms with Crippen LogP contribution < -0.4 is 5.73 Å². The van der Waals surface area contributed by atoms with Crippen LogP contribution in [0.25, 0.3) is 11.1 Å². The SMILES string of the molecule is Cn1nc(C2CCCC2)c(-c2cccnc2)c1N. The first-order valence-electron chi connectivity index (χ1n) is 6.50. The van der Waals surface area contributed by atoms with Gasteiger partial charge in [0, 0.05) is 36.5 Å². The molecule has 0 atom stereocenters. The number of aryl methyl sites for hydroxylation is 1. The van der Waals surface area contributed by atoms with Gasteiger partial charge in [0.2, 0.25) is 0 Å². The maximum absolute atomic E-state index is 6.18. The lowest BCUT2D eigenvalue weighted by Crippen LogP contribution is -1.98. The first-order valence-corrected chi connectivity index (χ1v) is 6.50. The Labute approximate surface area is 107 Å². The maximum Gasteiger partial charge on any atom is 0.129 e. The van der Waals surface area contributed by atoms with Crippen LogP contribution in [0.15, 0.2) is 24.5 Å². The smallest absolute Gasteiger partial charge is 0.129 e. The van der Waals surface area contributed by atoms with E-state index in [0.29, 0.717) is 5.92 Å². The van der Waals surface area contributed by atoms with Gasteiger partial charge in [-0.15, -0.1) is 0 Å². The molecule has 0 amide bonds. The molecule has 0 saturated heterocycles. The van der Waals surface area contributed by atoms with E-state index in [1.165, 1.54) is 25.7 Å². The molecule has 2 heterocycles. The van der Waals surface area contributed by atoms with Gasteiger partial charge in [0.25, 0.3) is 0 Å². The highest BCUT2D eigenvalue weighted by atomic mass is 15.3. The number of hydrogen-bond acceptors (Lipinski definition) is 3. The fraction of sp³-hybridized carbons (Fsp3) is 0.429. The summed E-state index contributed by atoms with van der Waals surface area (Å²) >= 11 is 0. The molecule has 3 rings (SSSR count). The van der Waals surface area contributed by atoms with Crippen LogP contribution in [0.2, 0.25) is 0 Å². The molecule has 1 fully saturated rings. The van der Waals surface area contributed by atoms with E-state index in [9.17, 15) is 0 Å². The minimum Gasteiger partial charge on any atom is -0.383 e. The standard InChI is InChI=1S/C14H18N4/c1-18-14(15)12(11-7-4-8-16-9-11)13(17-18)10-5-2-3-6-10/h4,7-10H,2-3,5-6,15H2,1H3. The van der Waals surface area contributed by atoms with Gasteiger partial charge >= 0.3 is 0 Å². The fourth-order valence-electron chi connectivity index (χ4n) is 2.85. The number of hydrogen-bond donors (Lipinski definition) is 1. The second kappa shape index (κ2) is 4.44. The lowest BCUT2D eigenvalue weighted by atomic mass is 9.96. The Bertz CT molecular complexity index is 538. The molecular weight excluding hydrogens is 224 g/mol. The van der Waals surface area contributed by atoms with Crippen LogP contribution >= 0.6 is 0 Å². The number of anilines is 1. The first kappa shape index (κ1) is 11.3. The van der Waals surface area contributed by atoms with Crippen molar-refractivity contribution in [1.29, 1.82) is 0 Å². The number of pyridine rings is 1. The Hall–Kier alpha value is -1.84. The van der Waals surface area contributed by atoms with Crippen molar-refractivity contribution in [1.82, 2.24) is 14.8 Å². The van der Waals surface area contributed by atoms with Gasteiger partial charge in [0.1, 0.15) is 5.82 Å². The highest BCUT2D eigenvalue weighted by molar-refractivity contribution is 5.76. The Morgan fingerprint density at radius 3 is 2.78 bits per heavy atom. The monoisotopic (exact) mass is 242 g/mol. The third-order valence-electron chi connectivity index (χ3n) is 3.81. The van der Waals surface area contributed by atoms with E-state index in [1.807, 2.05) is 19.3 Å². The van der Waals surface area contributed by atoms with Crippen LogP contribution in [-0.2, 0) is 7.05 Å². The topological polar surface area (TPSA) is 56.7 Å². The molecule has 2 N–H and O–H groups in total. The summed E-state index contributed by atoms with van der Waals surface area (Å²) < 4.78 is 1.79. The molecule has 18 heavy (non-hydrogen) atoms. The second-order valence-electron chi connectivity index (χ2n) is 4.99. The lowest BCUT2D eigenvalue weighted by molar-refractivity contribution is 0.660. The molecule has 4 nitrogen and oxygen atoms in total. The van der Waals surface area contributed by atoms with E-state index in [4.69, 9.17) is 5.73 Å². The van der Waals surface area contributed by atoms with Crippen LogP contribution in [0.3, 0.4) is 0 Å². The molecule has 0 aromatic carbocycles. The second-order valence-corrected chi connectivity index (χ2v) is 4.99. The molecule has 0 bridgehead atoms. The third-order valence-corrected chi connectivity index (χ3v) is 3.81. The van der Waals surface area contributed by atoms with Crippen molar-refractivity contribution >= 4 is 5.82 Å². The van der Waals surface area contributed by atoms with Crippen molar-refractivity contribution in [2.75, 3.05) is 5.73 Å². The molecule has 2 aromatic heterocycles. The van der Waals surface area contributed by atoms with Crippen molar-refractivity contribution in [3.8, 4) is 11.1 Å². The number of nitrogens with two attached hydrogens (primary N) is 1. The number of rotatable bonds is 2. The van der Waals surface area contributed by atoms with Gasteiger partial charge in [-0.1, -0.05) is 18.9 Å². The van der Waals surface area contributed by atoms with Gasteiger partial charge in [-0.2, -0.15) is 5.10 Å². The number of aromatic nitrogens is 3. The minimum absolute atomic E-state index is 0.559. The highest BCUT2D eigenvalue weighted by Crippen LogP contribution is 2.40. The molecule has 1 saturated carbocycles. The molecule has 2 aromatic rings. The summed E-state index contributed by atoms with van der Waals surface area (Å²) in [7, 11) is 1.91. The molecule has 0 radical (unpaired) electrons. The summed E-state index contributed by atoms with van der Waals surface area (Å²) in [6.45, 7) is 0. The van der Waals surface area contributed by atoms with Crippen molar-refractivity contribution in [3.05, 3.63) is 30.2 Å². The van der Waals surface area contributed by atoms with Crippen LogP contribution in [0, 0.1) is 0 Å². The molecular formula is C14H18N4. The van der Waals surface area contributed by atoms with Crippen molar-refractivity contribution in [2.45, 2.75) is 31.6 Å². The Morgan fingerprint density at radius 1 is 1.33 bits per heavy atom. The van der Waals surface area contributed by atoms with Crippen LogP contribution in [0.5, 0.6) is 0 Å². The zero-order valence-corrected chi connectivity index (χ0v) is 10.6. The molecule has 0 aliphatic heterocycles. The Kier molecular flexibility index (Phi) is 2.78. The van der Waals surface area contributed by atoms with E-state index in [1.54, 1.807) is 10.9 Å². The van der Waals surface area contributed by atoms with Crippen molar-refractivity contribution in [2.24, 2.45) is 7.05 Å². The first-order chi connectivity index (χ1) is 8.77. The molecule has 94 valence electrons. The summed E-state index contributed by atoms with van der Waals surface area (Å²) in [5, 5.41) is 4.63. The molecule has 0 spiro atoms. The average molecular weight is 242 g/mol. The molecule has 1 aliphatic carbocycles. The summed E-state index contributed by atoms with van der Waals surface area (Å²) in [6.07, 6.45) is 8.70. The van der Waals surface area contributed by atoms with Gasteiger partial charge < -0.3 is 5.73 Å². The summed E-state index contributed by atoms with van der Waals surface area (Å²) in [6, 6.07) is 4.00. The zero-order chi connectivity index (χ0) is 12.5. The van der Waals surface area contributed by atoms with Crippen molar-refractivity contribution in [3.63, 3.8) is 0 Å². The van der Waals surface area contributed by atoms with E-state index < -0.39 is 0 Å². The van der Waals surface area contributed by atoms with Crippen LogP contribution in [-0.4, -0.2) is 14.8 Å². The largest absolute Gasteiger partial charge is 0.383 e. The normalized spacial score (nSPS) is 16.3. The minimum atomic E-state index is 0.559. The van der Waals surface area contributed by atoms with E-state index >= 15 is 0 Å². The lowest BCUT2D eigenvalue weighted by Gasteiger charge is -2.08.